The molecule has 7 heteroatoms. The number of carbonyl (C=O) groups is 1. The molecule has 1 aromatic heterocycles. The van der Waals surface area contributed by atoms with Crippen LogP contribution >= 0.6 is 0 Å². The molecular formula is C27H27N3O4. The smallest absolute Gasteiger partial charge is 0.241 e. The molecule has 0 radical (unpaired) electrons. The summed E-state index contributed by atoms with van der Waals surface area (Å²) < 4.78 is 16.9. The first-order chi connectivity index (χ1) is 16.6. The van der Waals surface area contributed by atoms with Crippen LogP contribution in [0.2, 0.25) is 0 Å². The van der Waals surface area contributed by atoms with Crippen LogP contribution in [0, 0.1) is 0 Å². The average Bonchev–Trinajstić information content (AvgIpc) is 2.88. The minimum atomic E-state index is -0.341. The molecule has 1 heterocycles. The normalized spacial score (nSPS) is 11.6. The van der Waals surface area contributed by atoms with Gasteiger partial charge in [0.25, 0.3) is 0 Å². The van der Waals surface area contributed by atoms with Crippen molar-refractivity contribution in [2.24, 2.45) is 0 Å². The van der Waals surface area contributed by atoms with Gasteiger partial charge in [-0.15, -0.1) is 0 Å². The molecule has 0 bridgehead atoms. The molecule has 1 unspecified atom stereocenters. The van der Waals surface area contributed by atoms with Crippen LogP contribution in [0.1, 0.15) is 12.5 Å². The van der Waals surface area contributed by atoms with Crippen molar-refractivity contribution in [2.45, 2.75) is 19.5 Å². The molecule has 4 rings (SSSR count). The van der Waals surface area contributed by atoms with E-state index in [2.05, 4.69) is 15.6 Å². The zero-order valence-electron chi connectivity index (χ0n) is 19.4. The number of methoxy groups -OCH3 is 2. The number of hydrogen-bond acceptors (Lipinski definition) is 6. The quantitative estimate of drug-likeness (QED) is 0.361. The summed E-state index contributed by atoms with van der Waals surface area (Å²) in [4.78, 5) is 16.9. The molecule has 0 spiro atoms. The Labute approximate surface area is 198 Å². The van der Waals surface area contributed by atoms with Crippen molar-refractivity contribution in [2.75, 3.05) is 19.5 Å². The molecule has 34 heavy (non-hydrogen) atoms. The van der Waals surface area contributed by atoms with E-state index < -0.39 is 0 Å². The summed E-state index contributed by atoms with van der Waals surface area (Å²) in [6.45, 7) is 2.46. The van der Waals surface area contributed by atoms with Gasteiger partial charge in [0.2, 0.25) is 5.91 Å². The summed E-state index contributed by atoms with van der Waals surface area (Å²) in [6, 6.07) is 22.3. The first-order valence-electron chi connectivity index (χ1n) is 10.9. The first-order valence-corrected chi connectivity index (χ1v) is 10.9. The number of pyridine rings is 1. The molecule has 4 aromatic rings. The Balaban J connectivity index is 1.41. The fourth-order valence-electron chi connectivity index (χ4n) is 3.48. The van der Waals surface area contributed by atoms with Crippen LogP contribution in [0.3, 0.4) is 0 Å². The second-order valence-corrected chi connectivity index (χ2v) is 7.74. The highest BCUT2D eigenvalue weighted by molar-refractivity contribution is 5.94. The van der Waals surface area contributed by atoms with Crippen molar-refractivity contribution in [3.8, 4) is 23.0 Å². The van der Waals surface area contributed by atoms with E-state index in [0.29, 0.717) is 35.2 Å². The van der Waals surface area contributed by atoms with Crippen LogP contribution in [0.5, 0.6) is 23.0 Å². The third kappa shape index (κ3) is 5.44. The number of amides is 1. The van der Waals surface area contributed by atoms with Crippen molar-refractivity contribution in [3.05, 3.63) is 84.6 Å². The summed E-state index contributed by atoms with van der Waals surface area (Å²) >= 11 is 0. The van der Waals surface area contributed by atoms with Crippen molar-refractivity contribution < 1.29 is 19.0 Å². The topological polar surface area (TPSA) is 81.7 Å². The number of anilines is 1. The van der Waals surface area contributed by atoms with E-state index in [-0.39, 0.29) is 11.9 Å². The number of hydrogen-bond donors (Lipinski definition) is 2. The van der Waals surface area contributed by atoms with Crippen molar-refractivity contribution in [1.29, 1.82) is 0 Å². The number of benzene rings is 3. The number of nitrogens with one attached hydrogen (secondary N) is 2. The number of fused-ring (bicyclic) bond motifs is 1. The summed E-state index contributed by atoms with van der Waals surface area (Å²) in [6.07, 6.45) is 1.68. The molecule has 0 saturated heterocycles. The number of nitrogens with zero attached hydrogens (tertiary/aromatic N) is 1. The maximum absolute atomic E-state index is 12.5. The van der Waals surface area contributed by atoms with Crippen LogP contribution in [0.15, 0.2) is 79.0 Å². The lowest BCUT2D eigenvalue weighted by molar-refractivity contribution is -0.117. The van der Waals surface area contributed by atoms with E-state index in [4.69, 9.17) is 14.2 Å². The molecule has 2 N–H and O–H groups in total. The second-order valence-electron chi connectivity index (χ2n) is 7.74. The summed E-state index contributed by atoms with van der Waals surface area (Å²) in [5, 5.41) is 6.97. The Hall–Kier alpha value is -4.10. The minimum Gasteiger partial charge on any atom is -0.493 e. The van der Waals surface area contributed by atoms with Gasteiger partial charge in [-0.25, -0.2) is 0 Å². The third-order valence-corrected chi connectivity index (χ3v) is 5.41. The van der Waals surface area contributed by atoms with Gasteiger partial charge in [-0.3, -0.25) is 9.78 Å². The molecule has 0 fully saturated rings. The van der Waals surface area contributed by atoms with Crippen molar-refractivity contribution in [1.82, 2.24) is 10.3 Å². The molecule has 0 aliphatic heterocycles. The summed E-state index contributed by atoms with van der Waals surface area (Å²) in [7, 11) is 3.18. The molecule has 1 atom stereocenters. The summed E-state index contributed by atoms with van der Waals surface area (Å²) in [5.41, 5.74) is 2.55. The van der Waals surface area contributed by atoms with Gasteiger partial charge in [-0.2, -0.15) is 0 Å². The molecule has 0 saturated carbocycles. The lowest BCUT2D eigenvalue weighted by Crippen LogP contribution is -2.37. The van der Waals surface area contributed by atoms with Crippen LogP contribution in [0.25, 0.3) is 10.9 Å². The first kappa shape index (κ1) is 23.1. The predicted octanol–water partition coefficient (Wildman–Crippen LogP) is 5.16. The largest absolute Gasteiger partial charge is 0.493 e. The van der Waals surface area contributed by atoms with Gasteiger partial charge < -0.3 is 24.8 Å². The number of ether oxygens (including phenoxy) is 3. The highest BCUT2D eigenvalue weighted by Crippen LogP contribution is 2.36. The Morgan fingerprint density at radius 2 is 1.62 bits per heavy atom. The average molecular weight is 458 g/mol. The van der Waals surface area contributed by atoms with Gasteiger partial charge in [0.1, 0.15) is 11.5 Å². The Morgan fingerprint density at radius 1 is 0.912 bits per heavy atom. The van der Waals surface area contributed by atoms with Crippen LogP contribution in [0.4, 0.5) is 5.69 Å². The number of rotatable bonds is 9. The van der Waals surface area contributed by atoms with Gasteiger partial charge in [0.05, 0.1) is 25.8 Å². The molecular weight excluding hydrogens is 430 g/mol. The van der Waals surface area contributed by atoms with Crippen LogP contribution < -0.4 is 24.8 Å². The number of aromatic nitrogens is 1. The Morgan fingerprint density at radius 3 is 2.32 bits per heavy atom. The molecule has 3 aromatic carbocycles. The third-order valence-electron chi connectivity index (χ3n) is 5.41. The highest BCUT2D eigenvalue weighted by atomic mass is 16.5. The minimum absolute atomic E-state index is 0.106. The van der Waals surface area contributed by atoms with Gasteiger partial charge >= 0.3 is 0 Å². The Kier molecular flexibility index (Phi) is 7.25. The lowest BCUT2D eigenvalue weighted by Gasteiger charge is -2.15. The van der Waals surface area contributed by atoms with Crippen LogP contribution in [-0.2, 0) is 11.3 Å². The second kappa shape index (κ2) is 10.7. The van der Waals surface area contributed by atoms with E-state index in [1.807, 2.05) is 73.7 Å². The van der Waals surface area contributed by atoms with E-state index in [1.54, 1.807) is 26.5 Å². The fraction of sp³-hybridized carbons (Fsp3) is 0.185. The SMILES string of the molecule is COc1cc2nccc(Oc3ccc(NC(=O)C(C)NCc4ccccc4)cc3)c2cc1OC. The highest BCUT2D eigenvalue weighted by Gasteiger charge is 2.14. The van der Waals surface area contributed by atoms with Gasteiger partial charge in [0, 0.05) is 29.9 Å². The van der Waals surface area contributed by atoms with Crippen LogP contribution in [-0.4, -0.2) is 31.2 Å². The zero-order valence-corrected chi connectivity index (χ0v) is 19.4. The van der Waals surface area contributed by atoms with Gasteiger partial charge in [-0.05, 0) is 48.9 Å². The van der Waals surface area contributed by atoms with E-state index in [1.165, 1.54) is 0 Å². The fourth-order valence-corrected chi connectivity index (χ4v) is 3.48. The monoisotopic (exact) mass is 457 g/mol. The van der Waals surface area contributed by atoms with Crippen molar-refractivity contribution >= 4 is 22.5 Å². The van der Waals surface area contributed by atoms with Gasteiger partial charge in [-0.1, -0.05) is 30.3 Å². The van der Waals surface area contributed by atoms with E-state index in [9.17, 15) is 4.79 Å². The Bertz CT molecular complexity index is 1260. The molecule has 174 valence electrons. The van der Waals surface area contributed by atoms with Gasteiger partial charge in [0.15, 0.2) is 11.5 Å². The number of carbonyl (C=O) groups excluding carboxylic acids is 1. The maximum atomic E-state index is 12.5. The molecule has 7 nitrogen and oxygen atoms in total. The molecule has 1 amide bonds. The van der Waals surface area contributed by atoms with E-state index in [0.717, 1.165) is 16.5 Å². The molecule has 0 aliphatic rings. The summed E-state index contributed by atoms with van der Waals surface area (Å²) in [5.74, 6) is 2.37. The molecule has 0 aliphatic carbocycles. The predicted molar refractivity (Wildman–Crippen MR) is 133 cm³/mol. The lowest BCUT2D eigenvalue weighted by atomic mass is 10.2. The van der Waals surface area contributed by atoms with Crippen molar-refractivity contribution in [3.63, 3.8) is 0 Å². The zero-order chi connectivity index (χ0) is 23.9. The van der Waals surface area contributed by atoms with E-state index >= 15 is 0 Å². The maximum Gasteiger partial charge on any atom is 0.241 e. The standard InChI is InChI=1S/C27H27N3O4/c1-18(29-17-19-7-5-4-6-8-19)27(31)30-20-9-11-21(12-10-20)34-24-13-14-28-23-16-26(33-3)25(32-2)15-22(23)24/h4-16,18,29H,17H2,1-3H3,(H,30,31).